The molecule has 0 aromatic heterocycles. The fraction of sp³-hybridized carbons (Fsp3) is 1.00. The standard InChI is InChI=1S/C13H24F3N3/c14-13(15,16)9-7-11(17)19(12(18)8-9)10-5-3-1-2-4-6-10/h9-12H,1-8,17-18H2. The first-order valence-corrected chi connectivity index (χ1v) is 7.25. The summed E-state index contributed by atoms with van der Waals surface area (Å²) in [6, 6.07) is 0.265. The normalized spacial score (nSPS) is 36.2. The molecule has 0 radical (unpaired) electrons. The number of rotatable bonds is 1. The molecule has 2 aliphatic rings. The predicted molar refractivity (Wildman–Crippen MR) is 68.1 cm³/mol. The van der Waals surface area contributed by atoms with Crippen molar-refractivity contribution in [2.24, 2.45) is 17.4 Å². The van der Waals surface area contributed by atoms with Crippen molar-refractivity contribution in [1.82, 2.24) is 4.90 Å². The van der Waals surface area contributed by atoms with E-state index in [0.717, 1.165) is 25.7 Å². The van der Waals surface area contributed by atoms with E-state index in [0.29, 0.717) is 0 Å². The van der Waals surface area contributed by atoms with E-state index in [2.05, 4.69) is 0 Å². The summed E-state index contributed by atoms with van der Waals surface area (Å²) in [5.74, 6) is -1.35. The highest BCUT2D eigenvalue weighted by Crippen LogP contribution is 2.38. The minimum Gasteiger partial charge on any atom is -0.316 e. The number of alkyl halides is 3. The lowest BCUT2D eigenvalue weighted by atomic mass is 9.89. The van der Waals surface area contributed by atoms with Crippen LogP contribution in [0.1, 0.15) is 51.4 Å². The average Bonchev–Trinajstić information content (AvgIpc) is 2.55. The van der Waals surface area contributed by atoms with Gasteiger partial charge < -0.3 is 11.5 Å². The van der Waals surface area contributed by atoms with E-state index >= 15 is 0 Å². The van der Waals surface area contributed by atoms with Gasteiger partial charge in [-0.1, -0.05) is 25.7 Å². The minimum atomic E-state index is -4.18. The maximum Gasteiger partial charge on any atom is 0.392 e. The maximum absolute atomic E-state index is 12.8. The Labute approximate surface area is 112 Å². The van der Waals surface area contributed by atoms with Gasteiger partial charge in [-0.2, -0.15) is 13.2 Å². The summed E-state index contributed by atoms with van der Waals surface area (Å²) in [5.41, 5.74) is 12.0. The molecule has 19 heavy (non-hydrogen) atoms. The van der Waals surface area contributed by atoms with Gasteiger partial charge in [-0.3, -0.25) is 4.90 Å². The third-order valence-electron chi connectivity index (χ3n) is 4.53. The Bertz CT molecular complexity index is 275. The van der Waals surface area contributed by atoms with Crippen molar-refractivity contribution >= 4 is 0 Å². The van der Waals surface area contributed by atoms with Crippen LogP contribution in [0.25, 0.3) is 0 Å². The molecule has 6 heteroatoms. The molecule has 0 amide bonds. The molecule has 1 aliphatic heterocycles. The van der Waals surface area contributed by atoms with Crippen molar-refractivity contribution in [3.8, 4) is 0 Å². The van der Waals surface area contributed by atoms with Gasteiger partial charge in [-0.15, -0.1) is 0 Å². The Morgan fingerprint density at radius 1 is 0.842 bits per heavy atom. The van der Waals surface area contributed by atoms with Gasteiger partial charge in [0, 0.05) is 6.04 Å². The summed E-state index contributed by atoms with van der Waals surface area (Å²) in [6.07, 6.45) is 1.37. The molecule has 2 unspecified atom stereocenters. The maximum atomic E-state index is 12.8. The Kier molecular flexibility index (Phi) is 4.74. The van der Waals surface area contributed by atoms with E-state index < -0.39 is 24.4 Å². The second-order valence-corrected chi connectivity index (χ2v) is 5.94. The fourth-order valence-corrected chi connectivity index (χ4v) is 3.53. The van der Waals surface area contributed by atoms with E-state index in [-0.39, 0.29) is 18.9 Å². The van der Waals surface area contributed by atoms with Crippen LogP contribution in [0.15, 0.2) is 0 Å². The Morgan fingerprint density at radius 2 is 1.32 bits per heavy atom. The SMILES string of the molecule is NC1CC(C(F)(F)F)CC(N)N1C1CCCCCC1. The molecule has 2 fully saturated rings. The lowest BCUT2D eigenvalue weighted by Crippen LogP contribution is -2.62. The van der Waals surface area contributed by atoms with E-state index in [1.807, 2.05) is 4.90 Å². The number of nitrogens with two attached hydrogens (primary N) is 2. The first-order chi connectivity index (χ1) is 8.89. The van der Waals surface area contributed by atoms with Gasteiger partial charge in [-0.25, -0.2) is 0 Å². The van der Waals surface area contributed by atoms with E-state index in [1.165, 1.54) is 12.8 Å². The van der Waals surface area contributed by atoms with Crippen molar-refractivity contribution in [2.45, 2.75) is 75.9 Å². The smallest absolute Gasteiger partial charge is 0.316 e. The molecule has 4 N–H and O–H groups in total. The summed E-state index contributed by atoms with van der Waals surface area (Å²) in [5, 5.41) is 0. The third-order valence-corrected chi connectivity index (χ3v) is 4.53. The van der Waals surface area contributed by atoms with E-state index in [9.17, 15) is 13.2 Å². The molecule has 0 aromatic rings. The van der Waals surface area contributed by atoms with Crippen molar-refractivity contribution in [3.05, 3.63) is 0 Å². The molecule has 2 rings (SSSR count). The lowest BCUT2D eigenvalue weighted by Gasteiger charge is -2.46. The molecule has 0 spiro atoms. The zero-order valence-corrected chi connectivity index (χ0v) is 11.2. The first-order valence-electron chi connectivity index (χ1n) is 7.25. The molecule has 1 saturated carbocycles. The Hall–Kier alpha value is -0.330. The number of piperidine rings is 1. The molecule has 1 aliphatic carbocycles. The van der Waals surface area contributed by atoms with Crippen LogP contribution in [0, 0.1) is 5.92 Å². The molecule has 0 aromatic carbocycles. The van der Waals surface area contributed by atoms with Gasteiger partial charge in [0.2, 0.25) is 0 Å². The zero-order valence-electron chi connectivity index (χ0n) is 11.2. The van der Waals surface area contributed by atoms with Crippen molar-refractivity contribution in [3.63, 3.8) is 0 Å². The minimum absolute atomic E-state index is 0.0201. The van der Waals surface area contributed by atoms with Crippen LogP contribution in [-0.2, 0) is 0 Å². The Balaban J connectivity index is 2.02. The molecular weight excluding hydrogens is 255 g/mol. The monoisotopic (exact) mass is 279 g/mol. The molecule has 0 bridgehead atoms. The van der Waals surface area contributed by atoms with Gasteiger partial charge in [0.1, 0.15) is 0 Å². The molecule has 1 saturated heterocycles. The zero-order chi connectivity index (χ0) is 14.0. The summed E-state index contributed by atoms with van der Waals surface area (Å²) >= 11 is 0. The molecule has 2 atom stereocenters. The molecule has 3 nitrogen and oxygen atoms in total. The number of hydrogen-bond donors (Lipinski definition) is 2. The topological polar surface area (TPSA) is 55.3 Å². The predicted octanol–water partition coefficient (Wildman–Crippen LogP) is 2.55. The van der Waals surface area contributed by atoms with Crippen LogP contribution in [0.2, 0.25) is 0 Å². The molecule has 1 heterocycles. The van der Waals surface area contributed by atoms with E-state index in [4.69, 9.17) is 11.5 Å². The summed E-state index contributed by atoms with van der Waals surface area (Å²) < 4.78 is 38.4. The van der Waals surface area contributed by atoms with Gasteiger partial charge in [0.15, 0.2) is 0 Å². The highest BCUT2D eigenvalue weighted by Gasteiger charge is 2.47. The van der Waals surface area contributed by atoms with Gasteiger partial charge in [-0.05, 0) is 25.7 Å². The van der Waals surface area contributed by atoms with Crippen LogP contribution in [-0.4, -0.2) is 29.4 Å². The molecular formula is C13H24F3N3. The first kappa shape index (κ1) is 15.1. The lowest BCUT2D eigenvalue weighted by molar-refractivity contribution is -0.198. The number of halogens is 3. The third kappa shape index (κ3) is 3.61. The summed E-state index contributed by atoms with van der Waals surface area (Å²) in [4.78, 5) is 1.95. The highest BCUT2D eigenvalue weighted by molar-refractivity contribution is 4.90. The highest BCUT2D eigenvalue weighted by atomic mass is 19.4. The number of hydrogen-bond acceptors (Lipinski definition) is 3. The van der Waals surface area contributed by atoms with Gasteiger partial charge in [0.05, 0.1) is 18.2 Å². The van der Waals surface area contributed by atoms with Crippen molar-refractivity contribution in [1.29, 1.82) is 0 Å². The van der Waals surface area contributed by atoms with Crippen molar-refractivity contribution in [2.75, 3.05) is 0 Å². The van der Waals surface area contributed by atoms with Gasteiger partial charge >= 0.3 is 6.18 Å². The van der Waals surface area contributed by atoms with Crippen LogP contribution in [0.5, 0.6) is 0 Å². The number of likely N-dealkylation sites (tertiary alicyclic amines) is 1. The fourth-order valence-electron chi connectivity index (χ4n) is 3.53. The second kappa shape index (κ2) is 5.97. The summed E-state index contributed by atoms with van der Waals surface area (Å²) in [7, 11) is 0. The largest absolute Gasteiger partial charge is 0.392 e. The quantitative estimate of drug-likeness (QED) is 0.725. The number of nitrogens with zero attached hydrogens (tertiary/aromatic N) is 1. The van der Waals surface area contributed by atoms with Crippen LogP contribution < -0.4 is 11.5 Å². The van der Waals surface area contributed by atoms with Crippen LogP contribution in [0.4, 0.5) is 13.2 Å². The van der Waals surface area contributed by atoms with E-state index in [1.54, 1.807) is 0 Å². The van der Waals surface area contributed by atoms with Crippen molar-refractivity contribution < 1.29 is 13.2 Å². The van der Waals surface area contributed by atoms with Crippen LogP contribution in [0.3, 0.4) is 0 Å². The molecule has 112 valence electrons. The summed E-state index contributed by atoms with van der Waals surface area (Å²) in [6.45, 7) is 0. The Morgan fingerprint density at radius 3 is 1.74 bits per heavy atom. The van der Waals surface area contributed by atoms with Crippen LogP contribution >= 0.6 is 0 Å². The second-order valence-electron chi connectivity index (χ2n) is 5.94. The van der Waals surface area contributed by atoms with Gasteiger partial charge in [0.25, 0.3) is 0 Å². The average molecular weight is 279 g/mol.